The van der Waals surface area contributed by atoms with Gasteiger partial charge in [-0.1, -0.05) is 33.1 Å². The van der Waals surface area contributed by atoms with Crippen LogP contribution in [0.1, 0.15) is 58.8 Å². The molecule has 134 valence electrons. The Balaban J connectivity index is 1.46. The maximum Gasteiger partial charge on any atom is 0.160 e. The zero-order valence-electron chi connectivity index (χ0n) is 14.9. The van der Waals surface area contributed by atoms with Crippen LogP contribution in [-0.2, 0) is 18.9 Å². The minimum atomic E-state index is -0.0706. The Kier molecular flexibility index (Phi) is 6.75. The summed E-state index contributed by atoms with van der Waals surface area (Å²) in [5.74, 6) is 1.88. The van der Waals surface area contributed by atoms with Crippen molar-refractivity contribution in [2.45, 2.75) is 77.3 Å². The third kappa shape index (κ3) is 4.47. The lowest BCUT2D eigenvalue weighted by Gasteiger charge is -2.40. The maximum atomic E-state index is 6.20. The van der Waals surface area contributed by atoms with Gasteiger partial charge >= 0.3 is 0 Å². The topological polar surface area (TPSA) is 36.9 Å². The highest BCUT2D eigenvalue weighted by Crippen LogP contribution is 2.32. The maximum absolute atomic E-state index is 6.20. The third-order valence-electron chi connectivity index (χ3n) is 6.03. The van der Waals surface area contributed by atoms with E-state index in [-0.39, 0.29) is 18.5 Å². The third-order valence-corrected chi connectivity index (χ3v) is 6.03. The monoisotopic (exact) mass is 326 g/mol. The smallest absolute Gasteiger partial charge is 0.160 e. The second kappa shape index (κ2) is 8.80. The Labute approximate surface area is 141 Å². The summed E-state index contributed by atoms with van der Waals surface area (Å²) in [5.41, 5.74) is 0. The Morgan fingerprint density at radius 3 is 1.74 bits per heavy atom. The summed E-state index contributed by atoms with van der Waals surface area (Å²) in [6.07, 6.45) is 9.28. The summed E-state index contributed by atoms with van der Waals surface area (Å²) in [7, 11) is 0. The first-order chi connectivity index (χ1) is 11.3. The molecule has 3 aliphatic rings. The number of ether oxygens (including phenoxy) is 4. The van der Waals surface area contributed by atoms with Crippen LogP contribution in [0.5, 0.6) is 0 Å². The molecule has 0 N–H and O–H groups in total. The highest BCUT2D eigenvalue weighted by Gasteiger charge is 2.35. The van der Waals surface area contributed by atoms with Crippen LogP contribution in [0, 0.1) is 17.8 Å². The molecular weight excluding hydrogens is 292 g/mol. The molecule has 3 fully saturated rings. The molecule has 4 atom stereocenters. The summed E-state index contributed by atoms with van der Waals surface area (Å²) >= 11 is 0. The number of hydrogen-bond acceptors (Lipinski definition) is 4. The Hall–Kier alpha value is -0.160. The molecule has 0 bridgehead atoms. The van der Waals surface area contributed by atoms with Crippen molar-refractivity contribution >= 4 is 0 Å². The molecule has 0 spiro atoms. The molecule has 4 nitrogen and oxygen atoms in total. The van der Waals surface area contributed by atoms with Crippen molar-refractivity contribution in [3.63, 3.8) is 0 Å². The predicted molar refractivity (Wildman–Crippen MR) is 89.3 cm³/mol. The van der Waals surface area contributed by atoms with Crippen LogP contribution >= 0.6 is 0 Å². The lowest BCUT2D eigenvalue weighted by atomic mass is 9.88. The van der Waals surface area contributed by atoms with Gasteiger partial charge in [0.15, 0.2) is 6.29 Å². The Morgan fingerprint density at radius 1 is 0.826 bits per heavy atom. The second-order valence-corrected chi connectivity index (χ2v) is 7.51. The van der Waals surface area contributed by atoms with Crippen LogP contribution < -0.4 is 0 Å². The van der Waals surface area contributed by atoms with E-state index in [4.69, 9.17) is 18.9 Å². The van der Waals surface area contributed by atoms with Gasteiger partial charge in [-0.15, -0.1) is 0 Å². The molecule has 2 saturated heterocycles. The average Bonchev–Trinajstić information content (AvgIpc) is 2.53. The normalized spacial score (nSPS) is 36.3. The summed E-state index contributed by atoms with van der Waals surface area (Å²) in [4.78, 5) is 0. The summed E-state index contributed by atoms with van der Waals surface area (Å²) < 4.78 is 23.7. The van der Waals surface area contributed by atoms with Crippen LogP contribution in [-0.4, -0.2) is 44.9 Å². The highest BCUT2D eigenvalue weighted by molar-refractivity contribution is 4.80. The first kappa shape index (κ1) is 17.7. The lowest BCUT2D eigenvalue weighted by molar-refractivity contribution is -0.244. The molecule has 1 aliphatic carbocycles. The molecule has 4 heteroatoms. The molecule has 0 aromatic carbocycles. The fourth-order valence-electron chi connectivity index (χ4n) is 3.97. The van der Waals surface area contributed by atoms with Gasteiger partial charge in [-0.3, -0.25) is 0 Å². The van der Waals surface area contributed by atoms with Gasteiger partial charge in [0.25, 0.3) is 0 Å². The van der Waals surface area contributed by atoms with Gasteiger partial charge in [0.1, 0.15) is 0 Å². The van der Waals surface area contributed by atoms with Crippen molar-refractivity contribution < 1.29 is 18.9 Å². The van der Waals surface area contributed by atoms with Crippen molar-refractivity contribution in [2.24, 2.45) is 17.8 Å². The molecule has 23 heavy (non-hydrogen) atoms. The molecule has 0 amide bonds. The fraction of sp³-hybridized carbons (Fsp3) is 1.00. The van der Waals surface area contributed by atoms with Crippen LogP contribution in [0.2, 0.25) is 0 Å². The molecule has 4 unspecified atom stereocenters. The minimum Gasteiger partial charge on any atom is -0.375 e. The molecule has 3 rings (SSSR count). The van der Waals surface area contributed by atoms with E-state index in [1.54, 1.807) is 0 Å². The second-order valence-electron chi connectivity index (χ2n) is 7.51. The fourth-order valence-corrected chi connectivity index (χ4v) is 3.97. The quantitative estimate of drug-likeness (QED) is 0.604. The zero-order valence-corrected chi connectivity index (χ0v) is 14.9. The van der Waals surface area contributed by atoms with Crippen molar-refractivity contribution in [1.82, 2.24) is 0 Å². The van der Waals surface area contributed by atoms with Crippen LogP contribution in [0.4, 0.5) is 0 Å². The molecule has 1 saturated carbocycles. The average molecular weight is 326 g/mol. The first-order valence-electron chi connectivity index (χ1n) is 9.78. The lowest BCUT2D eigenvalue weighted by Crippen LogP contribution is -2.46. The molecule has 2 aliphatic heterocycles. The Bertz CT molecular complexity index is 314. The van der Waals surface area contributed by atoms with Crippen LogP contribution in [0.25, 0.3) is 0 Å². The van der Waals surface area contributed by atoms with Gasteiger partial charge in [-0.25, -0.2) is 0 Å². The largest absolute Gasteiger partial charge is 0.375 e. The van der Waals surface area contributed by atoms with E-state index < -0.39 is 0 Å². The van der Waals surface area contributed by atoms with Crippen LogP contribution in [0.15, 0.2) is 0 Å². The van der Waals surface area contributed by atoms with Gasteiger partial charge < -0.3 is 18.9 Å². The summed E-state index contributed by atoms with van der Waals surface area (Å²) in [6.45, 7) is 7.62. The highest BCUT2D eigenvalue weighted by atomic mass is 16.7. The van der Waals surface area contributed by atoms with E-state index in [0.717, 1.165) is 13.2 Å². The van der Waals surface area contributed by atoms with Gasteiger partial charge in [0.2, 0.25) is 0 Å². The SMILES string of the molecule is CCC1COC1COC(OCC1OCC1CC)C1CCCCC1. The standard InChI is InChI=1S/C19H34O4/c1-3-14-10-20-17(14)12-22-19(16-8-6-5-7-9-16)23-13-18-15(4-2)11-21-18/h14-19H,3-13H2,1-2H3. The van der Waals surface area contributed by atoms with E-state index in [9.17, 15) is 0 Å². The Morgan fingerprint density at radius 2 is 1.35 bits per heavy atom. The van der Waals surface area contributed by atoms with Gasteiger partial charge in [-0.05, 0) is 25.7 Å². The van der Waals surface area contributed by atoms with E-state index >= 15 is 0 Å². The molecule has 0 radical (unpaired) electrons. The van der Waals surface area contributed by atoms with Gasteiger partial charge in [0, 0.05) is 17.8 Å². The molecule has 2 heterocycles. The van der Waals surface area contributed by atoms with E-state index in [1.165, 1.54) is 44.9 Å². The summed E-state index contributed by atoms with van der Waals surface area (Å²) in [5, 5.41) is 0. The number of hydrogen-bond donors (Lipinski definition) is 0. The summed E-state index contributed by atoms with van der Waals surface area (Å²) in [6, 6.07) is 0. The van der Waals surface area contributed by atoms with Gasteiger partial charge in [-0.2, -0.15) is 0 Å². The van der Waals surface area contributed by atoms with E-state index in [0.29, 0.717) is 31.0 Å². The van der Waals surface area contributed by atoms with E-state index in [1.807, 2.05) is 0 Å². The zero-order chi connectivity index (χ0) is 16.1. The van der Waals surface area contributed by atoms with E-state index in [2.05, 4.69) is 13.8 Å². The van der Waals surface area contributed by atoms with Crippen molar-refractivity contribution in [2.75, 3.05) is 26.4 Å². The van der Waals surface area contributed by atoms with Crippen molar-refractivity contribution in [3.8, 4) is 0 Å². The molecule has 0 aromatic heterocycles. The van der Waals surface area contributed by atoms with Crippen molar-refractivity contribution in [1.29, 1.82) is 0 Å². The minimum absolute atomic E-state index is 0.0706. The predicted octanol–water partition coefficient (Wildman–Crippen LogP) is 3.78. The first-order valence-corrected chi connectivity index (χ1v) is 9.78. The molecular formula is C19H34O4. The number of rotatable bonds is 9. The van der Waals surface area contributed by atoms with Crippen molar-refractivity contribution in [3.05, 3.63) is 0 Å². The van der Waals surface area contributed by atoms with Crippen LogP contribution in [0.3, 0.4) is 0 Å². The molecule has 0 aromatic rings. The van der Waals surface area contributed by atoms with Gasteiger partial charge in [0.05, 0.1) is 38.6 Å².